The van der Waals surface area contributed by atoms with Gasteiger partial charge in [0.2, 0.25) is 0 Å². The van der Waals surface area contributed by atoms with Gasteiger partial charge in [0.05, 0.1) is 0 Å². The lowest BCUT2D eigenvalue weighted by Gasteiger charge is -2.23. The van der Waals surface area contributed by atoms with Crippen LogP contribution in [-0.4, -0.2) is 0 Å². The monoisotopic (exact) mass is 267 g/mol. The number of benzene rings is 1. The quantitative estimate of drug-likeness (QED) is 0.863. The van der Waals surface area contributed by atoms with Crippen LogP contribution in [0, 0.1) is 0 Å². The van der Waals surface area contributed by atoms with Crippen molar-refractivity contribution in [1.29, 1.82) is 0 Å². The van der Waals surface area contributed by atoms with Gasteiger partial charge in [0.15, 0.2) is 0 Å². The van der Waals surface area contributed by atoms with Crippen molar-refractivity contribution in [2.75, 3.05) is 0 Å². The number of hydrogen-bond donors (Lipinski definition) is 1. The Balaban J connectivity index is 2.19. The van der Waals surface area contributed by atoms with Crippen molar-refractivity contribution in [1.82, 2.24) is 0 Å². The maximum absolute atomic E-state index is 5.63. The molecule has 2 rings (SSSR count). The molecular formula is C13H18BrN. The molecule has 0 aliphatic heterocycles. The molecule has 0 heterocycles. The predicted octanol–water partition coefficient (Wildman–Crippen LogP) is 3.96. The van der Waals surface area contributed by atoms with E-state index in [4.69, 9.17) is 5.73 Å². The van der Waals surface area contributed by atoms with Gasteiger partial charge >= 0.3 is 0 Å². The van der Waals surface area contributed by atoms with Gasteiger partial charge in [0.1, 0.15) is 0 Å². The van der Waals surface area contributed by atoms with Crippen molar-refractivity contribution in [2.45, 2.75) is 44.6 Å². The maximum atomic E-state index is 5.63. The van der Waals surface area contributed by atoms with Crippen LogP contribution in [0.5, 0.6) is 0 Å². The summed E-state index contributed by atoms with van der Waals surface area (Å²) in [7, 11) is 0. The van der Waals surface area contributed by atoms with E-state index < -0.39 is 0 Å². The van der Waals surface area contributed by atoms with Gasteiger partial charge in [-0.15, -0.1) is 0 Å². The summed E-state index contributed by atoms with van der Waals surface area (Å²) in [6, 6.07) is 6.58. The van der Waals surface area contributed by atoms with E-state index in [2.05, 4.69) is 34.1 Å². The maximum Gasteiger partial charge on any atom is 0.0213 e. The Morgan fingerprint density at radius 2 is 1.93 bits per heavy atom. The van der Waals surface area contributed by atoms with E-state index >= 15 is 0 Å². The van der Waals surface area contributed by atoms with Gasteiger partial charge < -0.3 is 5.73 Å². The van der Waals surface area contributed by atoms with Crippen LogP contribution in [0.4, 0.5) is 0 Å². The number of hydrogen-bond acceptors (Lipinski definition) is 1. The lowest BCUT2D eigenvalue weighted by molar-refractivity contribution is 0.442. The first kappa shape index (κ1) is 11.2. The molecule has 82 valence electrons. The lowest BCUT2D eigenvalue weighted by Crippen LogP contribution is -2.06. The van der Waals surface area contributed by atoms with E-state index in [-0.39, 0.29) is 0 Å². The van der Waals surface area contributed by atoms with Crippen LogP contribution < -0.4 is 5.73 Å². The normalized spacial score (nSPS) is 18.0. The average molecular weight is 268 g/mol. The van der Waals surface area contributed by atoms with E-state index in [0.29, 0.717) is 6.54 Å². The van der Waals surface area contributed by atoms with Crippen molar-refractivity contribution in [3.63, 3.8) is 0 Å². The highest BCUT2D eigenvalue weighted by molar-refractivity contribution is 9.10. The topological polar surface area (TPSA) is 26.0 Å². The standard InChI is InChI=1S/C13H18BrN/c14-13-8-10(9-15)6-7-12(13)11-4-2-1-3-5-11/h6-8,11H,1-5,9,15H2. The molecule has 1 aliphatic rings. The first-order valence-corrected chi connectivity index (χ1v) is 6.59. The highest BCUT2D eigenvalue weighted by atomic mass is 79.9. The summed E-state index contributed by atoms with van der Waals surface area (Å²) in [6.45, 7) is 0.629. The molecule has 0 amide bonds. The van der Waals surface area contributed by atoms with Crippen molar-refractivity contribution < 1.29 is 0 Å². The largest absolute Gasteiger partial charge is 0.326 e. The van der Waals surface area contributed by atoms with Gasteiger partial charge in [-0.25, -0.2) is 0 Å². The molecule has 1 nitrogen and oxygen atoms in total. The summed E-state index contributed by atoms with van der Waals surface area (Å²) < 4.78 is 1.25. The number of rotatable bonds is 2. The third-order valence-corrected chi connectivity index (χ3v) is 4.03. The Kier molecular flexibility index (Phi) is 3.81. The second-order valence-corrected chi connectivity index (χ2v) is 5.25. The molecule has 0 atom stereocenters. The van der Waals surface area contributed by atoms with Gasteiger partial charge in [-0.05, 0) is 36.0 Å². The zero-order valence-electron chi connectivity index (χ0n) is 9.01. The molecule has 0 unspecified atom stereocenters. The Labute approximate surface area is 100 Å². The zero-order chi connectivity index (χ0) is 10.7. The lowest BCUT2D eigenvalue weighted by atomic mass is 9.84. The van der Waals surface area contributed by atoms with Crippen LogP contribution in [0.1, 0.15) is 49.1 Å². The molecule has 2 heteroatoms. The summed E-state index contributed by atoms with van der Waals surface area (Å²) in [6.07, 6.45) is 6.88. The Morgan fingerprint density at radius 1 is 1.20 bits per heavy atom. The molecule has 1 saturated carbocycles. The van der Waals surface area contributed by atoms with Crippen LogP contribution in [0.25, 0.3) is 0 Å². The fourth-order valence-electron chi connectivity index (χ4n) is 2.44. The fourth-order valence-corrected chi connectivity index (χ4v) is 3.19. The minimum absolute atomic E-state index is 0.629. The van der Waals surface area contributed by atoms with Gasteiger partial charge in [0.25, 0.3) is 0 Å². The van der Waals surface area contributed by atoms with Gasteiger partial charge in [-0.1, -0.05) is 47.3 Å². The van der Waals surface area contributed by atoms with Gasteiger partial charge in [0, 0.05) is 11.0 Å². The molecule has 1 aliphatic carbocycles. The first-order valence-electron chi connectivity index (χ1n) is 5.79. The average Bonchev–Trinajstić information content (AvgIpc) is 2.30. The molecule has 0 saturated heterocycles. The predicted molar refractivity (Wildman–Crippen MR) is 67.9 cm³/mol. The molecule has 1 aromatic carbocycles. The summed E-state index contributed by atoms with van der Waals surface area (Å²) in [5, 5.41) is 0. The molecule has 1 fully saturated rings. The summed E-state index contributed by atoms with van der Waals surface area (Å²) in [4.78, 5) is 0. The molecule has 0 spiro atoms. The molecule has 2 N–H and O–H groups in total. The van der Waals surface area contributed by atoms with Crippen molar-refractivity contribution in [3.8, 4) is 0 Å². The van der Waals surface area contributed by atoms with E-state index in [0.717, 1.165) is 5.92 Å². The molecular weight excluding hydrogens is 250 g/mol. The summed E-state index contributed by atoms with van der Waals surface area (Å²) in [5.41, 5.74) is 8.31. The third kappa shape index (κ3) is 2.61. The van der Waals surface area contributed by atoms with Crippen molar-refractivity contribution in [2.24, 2.45) is 5.73 Å². The molecule has 0 radical (unpaired) electrons. The smallest absolute Gasteiger partial charge is 0.0213 e. The van der Waals surface area contributed by atoms with Gasteiger partial charge in [-0.3, -0.25) is 0 Å². The highest BCUT2D eigenvalue weighted by Gasteiger charge is 2.17. The number of nitrogens with two attached hydrogens (primary N) is 1. The van der Waals surface area contributed by atoms with Crippen LogP contribution in [0.2, 0.25) is 0 Å². The Hall–Kier alpha value is -0.340. The molecule has 15 heavy (non-hydrogen) atoms. The van der Waals surface area contributed by atoms with Crippen LogP contribution in [-0.2, 0) is 6.54 Å². The van der Waals surface area contributed by atoms with E-state index in [9.17, 15) is 0 Å². The first-order chi connectivity index (χ1) is 7.31. The SMILES string of the molecule is NCc1ccc(C2CCCCC2)c(Br)c1. The second kappa shape index (κ2) is 5.13. The fraction of sp³-hybridized carbons (Fsp3) is 0.538. The van der Waals surface area contributed by atoms with Crippen molar-refractivity contribution in [3.05, 3.63) is 33.8 Å². The minimum atomic E-state index is 0.629. The zero-order valence-corrected chi connectivity index (χ0v) is 10.6. The van der Waals surface area contributed by atoms with E-state index in [1.807, 2.05) is 0 Å². The van der Waals surface area contributed by atoms with Crippen molar-refractivity contribution >= 4 is 15.9 Å². The molecule has 0 aromatic heterocycles. The Morgan fingerprint density at radius 3 is 2.53 bits per heavy atom. The molecule has 0 bridgehead atoms. The summed E-state index contributed by atoms with van der Waals surface area (Å²) in [5.74, 6) is 0.764. The van der Waals surface area contributed by atoms with Crippen LogP contribution in [0.3, 0.4) is 0 Å². The molecule has 1 aromatic rings. The highest BCUT2D eigenvalue weighted by Crippen LogP contribution is 2.36. The van der Waals surface area contributed by atoms with Crippen LogP contribution >= 0.6 is 15.9 Å². The van der Waals surface area contributed by atoms with E-state index in [1.165, 1.54) is 47.7 Å². The van der Waals surface area contributed by atoms with E-state index in [1.54, 1.807) is 0 Å². The minimum Gasteiger partial charge on any atom is -0.326 e. The number of halogens is 1. The second-order valence-electron chi connectivity index (χ2n) is 4.39. The Bertz CT molecular complexity index is 329. The van der Waals surface area contributed by atoms with Crippen LogP contribution in [0.15, 0.2) is 22.7 Å². The third-order valence-electron chi connectivity index (χ3n) is 3.35. The van der Waals surface area contributed by atoms with Gasteiger partial charge in [-0.2, -0.15) is 0 Å². The summed E-state index contributed by atoms with van der Waals surface area (Å²) >= 11 is 3.67.